The molecule has 2 aromatic carbocycles. The van der Waals surface area contributed by atoms with E-state index in [4.69, 9.17) is 11.6 Å². The number of aromatic nitrogens is 2. The van der Waals surface area contributed by atoms with E-state index >= 15 is 0 Å². The monoisotopic (exact) mass is 268 g/mol. The topological polar surface area (TPSA) is 17.8 Å². The van der Waals surface area contributed by atoms with Crippen LogP contribution >= 0.6 is 11.6 Å². The van der Waals surface area contributed by atoms with E-state index in [-0.39, 0.29) is 0 Å². The minimum absolute atomic E-state index is 0.648. The van der Waals surface area contributed by atoms with Crippen molar-refractivity contribution in [2.24, 2.45) is 0 Å². The Hall–Kier alpha value is -2.06. The highest BCUT2D eigenvalue weighted by Crippen LogP contribution is 2.32. The van der Waals surface area contributed by atoms with Crippen LogP contribution in [0.4, 0.5) is 0 Å². The fraction of sp³-hybridized carbons (Fsp3) is 0.0625. The van der Waals surface area contributed by atoms with Crippen molar-refractivity contribution in [3.63, 3.8) is 0 Å². The average molecular weight is 269 g/mol. The van der Waals surface area contributed by atoms with Gasteiger partial charge in [-0.15, -0.1) is 0 Å². The van der Waals surface area contributed by atoms with Gasteiger partial charge in [-0.2, -0.15) is 5.10 Å². The second-order valence-corrected chi connectivity index (χ2v) is 4.72. The molecule has 0 bridgehead atoms. The Labute approximate surface area is 117 Å². The van der Waals surface area contributed by atoms with Gasteiger partial charge in [-0.25, -0.2) is 4.68 Å². The van der Waals surface area contributed by atoms with Crippen LogP contribution in [0.3, 0.4) is 0 Å². The summed E-state index contributed by atoms with van der Waals surface area (Å²) in [5, 5.41) is 5.19. The van der Waals surface area contributed by atoms with E-state index in [1.165, 1.54) is 0 Å². The predicted molar refractivity (Wildman–Crippen MR) is 78.7 cm³/mol. The minimum Gasteiger partial charge on any atom is -0.221 e. The maximum atomic E-state index is 6.50. The average Bonchev–Trinajstić information content (AvgIpc) is 2.76. The molecule has 3 rings (SSSR count). The molecule has 0 aliphatic rings. The number of nitrogens with zero attached hydrogens (tertiary/aromatic N) is 2. The molecule has 2 nitrogen and oxygen atoms in total. The number of benzene rings is 2. The van der Waals surface area contributed by atoms with Gasteiger partial charge >= 0.3 is 0 Å². The van der Waals surface area contributed by atoms with E-state index in [0.717, 1.165) is 22.5 Å². The molecule has 1 aromatic heterocycles. The third-order valence-electron chi connectivity index (χ3n) is 3.07. The van der Waals surface area contributed by atoms with E-state index < -0.39 is 0 Å². The summed E-state index contributed by atoms with van der Waals surface area (Å²) in [6.45, 7) is 1.98. The van der Waals surface area contributed by atoms with Gasteiger partial charge < -0.3 is 0 Å². The van der Waals surface area contributed by atoms with Crippen LogP contribution in [0.2, 0.25) is 5.15 Å². The highest BCUT2D eigenvalue weighted by atomic mass is 35.5. The van der Waals surface area contributed by atoms with Gasteiger partial charge in [0.1, 0.15) is 5.15 Å². The number of rotatable bonds is 2. The van der Waals surface area contributed by atoms with Gasteiger partial charge in [0.25, 0.3) is 0 Å². The van der Waals surface area contributed by atoms with E-state index in [9.17, 15) is 0 Å². The summed E-state index contributed by atoms with van der Waals surface area (Å²) >= 11 is 6.50. The van der Waals surface area contributed by atoms with Crippen LogP contribution in [0.15, 0.2) is 60.7 Å². The lowest BCUT2D eigenvalue weighted by molar-refractivity contribution is 0.863. The lowest BCUT2D eigenvalue weighted by atomic mass is 10.1. The number of halogens is 1. The summed E-state index contributed by atoms with van der Waals surface area (Å²) in [7, 11) is 0. The van der Waals surface area contributed by atoms with Crippen molar-refractivity contribution in [1.29, 1.82) is 0 Å². The van der Waals surface area contributed by atoms with Crippen LogP contribution in [0.5, 0.6) is 0 Å². The smallest absolute Gasteiger partial charge is 0.140 e. The summed E-state index contributed by atoms with van der Waals surface area (Å²) in [6.07, 6.45) is 0. The Morgan fingerprint density at radius 2 is 1.47 bits per heavy atom. The molecule has 94 valence electrons. The van der Waals surface area contributed by atoms with Crippen molar-refractivity contribution in [1.82, 2.24) is 9.78 Å². The molecule has 0 fully saturated rings. The van der Waals surface area contributed by atoms with Gasteiger partial charge in [0, 0.05) is 5.56 Å². The molecule has 1 heterocycles. The largest absolute Gasteiger partial charge is 0.221 e. The Morgan fingerprint density at radius 3 is 2.11 bits per heavy atom. The summed E-state index contributed by atoms with van der Waals surface area (Å²) in [4.78, 5) is 0. The molecule has 19 heavy (non-hydrogen) atoms. The summed E-state index contributed by atoms with van der Waals surface area (Å²) in [5.74, 6) is 0. The highest BCUT2D eigenvalue weighted by Gasteiger charge is 2.15. The Balaban J connectivity index is 2.17. The molecule has 0 N–H and O–H groups in total. The standard InChI is InChI=1S/C16H13ClN2/c1-12-15(13-8-4-2-5-9-13)16(17)19(18-12)14-10-6-3-7-11-14/h2-11H,1H3. The normalized spacial score (nSPS) is 10.6. The second kappa shape index (κ2) is 4.90. The zero-order valence-electron chi connectivity index (χ0n) is 10.5. The third kappa shape index (κ3) is 2.15. The molecular formula is C16H13ClN2. The molecule has 0 saturated heterocycles. The summed E-state index contributed by atoms with van der Waals surface area (Å²) in [5.41, 5.74) is 3.98. The maximum Gasteiger partial charge on any atom is 0.140 e. The Bertz CT molecular complexity index is 688. The molecule has 0 aliphatic carbocycles. The van der Waals surface area contributed by atoms with E-state index in [2.05, 4.69) is 5.10 Å². The third-order valence-corrected chi connectivity index (χ3v) is 3.42. The number of hydrogen-bond donors (Lipinski definition) is 0. The molecule has 0 atom stereocenters. The van der Waals surface area contributed by atoms with Gasteiger partial charge in [0.15, 0.2) is 0 Å². The lowest BCUT2D eigenvalue weighted by Crippen LogP contribution is -1.95. The quantitative estimate of drug-likeness (QED) is 0.669. The molecule has 0 amide bonds. The van der Waals surface area contributed by atoms with Gasteiger partial charge in [-0.1, -0.05) is 60.1 Å². The first kappa shape index (κ1) is 12.0. The molecular weight excluding hydrogens is 256 g/mol. The summed E-state index contributed by atoms with van der Waals surface area (Å²) in [6, 6.07) is 20.0. The first-order valence-corrected chi connectivity index (χ1v) is 6.51. The molecule has 0 aliphatic heterocycles. The van der Waals surface area contributed by atoms with Crippen LogP contribution in [-0.2, 0) is 0 Å². The number of aryl methyl sites for hydroxylation is 1. The SMILES string of the molecule is Cc1nn(-c2ccccc2)c(Cl)c1-c1ccccc1. The van der Waals surface area contributed by atoms with Crippen molar-refractivity contribution in [3.8, 4) is 16.8 Å². The van der Waals surface area contributed by atoms with Gasteiger partial charge in [-0.05, 0) is 24.6 Å². The molecule has 0 radical (unpaired) electrons. The lowest BCUT2D eigenvalue weighted by Gasteiger charge is -2.03. The summed E-state index contributed by atoms with van der Waals surface area (Å²) < 4.78 is 1.78. The van der Waals surface area contributed by atoms with Crippen molar-refractivity contribution >= 4 is 11.6 Å². The molecule has 0 unspecified atom stereocenters. The Kier molecular flexibility index (Phi) is 3.10. The van der Waals surface area contributed by atoms with Crippen molar-refractivity contribution in [2.75, 3.05) is 0 Å². The van der Waals surface area contributed by atoms with Crippen LogP contribution in [-0.4, -0.2) is 9.78 Å². The van der Waals surface area contributed by atoms with E-state index in [1.807, 2.05) is 67.6 Å². The molecule has 0 spiro atoms. The van der Waals surface area contributed by atoms with Crippen molar-refractivity contribution in [2.45, 2.75) is 6.92 Å². The number of hydrogen-bond acceptors (Lipinski definition) is 1. The van der Waals surface area contributed by atoms with Crippen LogP contribution < -0.4 is 0 Å². The maximum absolute atomic E-state index is 6.50. The zero-order valence-corrected chi connectivity index (χ0v) is 11.3. The van der Waals surface area contributed by atoms with Gasteiger partial charge in [-0.3, -0.25) is 0 Å². The van der Waals surface area contributed by atoms with Gasteiger partial charge in [0.2, 0.25) is 0 Å². The van der Waals surface area contributed by atoms with Crippen LogP contribution in [0, 0.1) is 6.92 Å². The minimum atomic E-state index is 0.648. The Morgan fingerprint density at radius 1 is 0.895 bits per heavy atom. The van der Waals surface area contributed by atoms with Crippen LogP contribution in [0.1, 0.15) is 5.69 Å². The molecule has 0 saturated carbocycles. The zero-order chi connectivity index (χ0) is 13.2. The predicted octanol–water partition coefficient (Wildman–Crippen LogP) is 4.50. The fourth-order valence-electron chi connectivity index (χ4n) is 2.17. The van der Waals surface area contributed by atoms with Crippen LogP contribution in [0.25, 0.3) is 16.8 Å². The van der Waals surface area contributed by atoms with Crippen molar-refractivity contribution < 1.29 is 0 Å². The van der Waals surface area contributed by atoms with Gasteiger partial charge in [0.05, 0.1) is 11.4 Å². The first-order chi connectivity index (χ1) is 9.27. The fourth-order valence-corrected chi connectivity index (χ4v) is 2.55. The molecule has 3 heteroatoms. The first-order valence-electron chi connectivity index (χ1n) is 6.13. The van der Waals surface area contributed by atoms with E-state index in [1.54, 1.807) is 4.68 Å². The highest BCUT2D eigenvalue weighted by molar-refractivity contribution is 6.32. The molecule has 3 aromatic rings. The van der Waals surface area contributed by atoms with Crippen molar-refractivity contribution in [3.05, 3.63) is 71.5 Å². The number of para-hydroxylation sites is 1. The second-order valence-electron chi connectivity index (χ2n) is 4.36. The van der Waals surface area contributed by atoms with E-state index in [0.29, 0.717) is 5.15 Å².